The smallest absolute Gasteiger partial charge is 0.329 e. The van der Waals surface area contributed by atoms with Crippen molar-refractivity contribution in [3.63, 3.8) is 0 Å². The Morgan fingerprint density at radius 2 is 1.68 bits per heavy atom. The van der Waals surface area contributed by atoms with E-state index in [0.29, 0.717) is 17.7 Å². The maximum atomic E-state index is 13.0. The molecule has 0 N–H and O–H groups in total. The van der Waals surface area contributed by atoms with Gasteiger partial charge in [0.15, 0.2) is 0 Å². The molecule has 2 aromatic rings. The number of nitrogens with zero attached hydrogens (tertiary/aromatic N) is 2. The Labute approximate surface area is 164 Å². The molecule has 28 heavy (non-hydrogen) atoms. The Morgan fingerprint density at radius 3 is 2.25 bits per heavy atom. The molecule has 0 saturated carbocycles. The summed E-state index contributed by atoms with van der Waals surface area (Å²) < 4.78 is 4.85. The van der Waals surface area contributed by atoms with Crippen LogP contribution in [0, 0.1) is 13.8 Å². The molecular formula is C22H24N2O4. The number of amides is 1. The molecule has 6 nitrogen and oxygen atoms in total. The largest absolute Gasteiger partial charge is 0.467 e. The van der Waals surface area contributed by atoms with Gasteiger partial charge in [-0.25, -0.2) is 4.79 Å². The third-order valence-corrected chi connectivity index (χ3v) is 5.01. The Morgan fingerprint density at radius 1 is 1.04 bits per heavy atom. The van der Waals surface area contributed by atoms with Crippen molar-refractivity contribution >= 4 is 17.6 Å². The Hall–Kier alpha value is -3.15. The van der Waals surface area contributed by atoms with Crippen molar-refractivity contribution in [3.05, 3.63) is 59.2 Å². The van der Waals surface area contributed by atoms with E-state index < -0.39 is 12.0 Å². The summed E-state index contributed by atoms with van der Waals surface area (Å²) in [5, 5.41) is 3.91. The van der Waals surface area contributed by atoms with Crippen LogP contribution in [0.25, 0.3) is 11.1 Å². The number of ether oxygens (including phenoxy) is 1. The lowest BCUT2D eigenvalue weighted by atomic mass is 9.95. The topological polar surface area (TPSA) is 68.2 Å². The fraction of sp³-hybridized carbons (Fsp3) is 0.318. The van der Waals surface area contributed by atoms with Crippen LogP contribution < -0.4 is 0 Å². The molecular weight excluding hydrogens is 356 g/mol. The van der Waals surface area contributed by atoms with E-state index in [1.165, 1.54) is 35.8 Å². The third-order valence-electron chi connectivity index (χ3n) is 5.01. The molecule has 1 heterocycles. The molecule has 0 aromatic heterocycles. The van der Waals surface area contributed by atoms with Gasteiger partial charge < -0.3 is 14.5 Å². The van der Waals surface area contributed by atoms with Gasteiger partial charge in [0.2, 0.25) is 0 Å². The van der Waals surface area contributed by atoms with Crippen LogP contribution in [-0.4, -0.2) is 49.3 Å². The first kappa shape index (κ1) is 19.6. The minimum Gasteiger partial charge on any atom is -0.467 e. The number of methoxy groups -OCH3 is 1. The summed E-state index contributed by atoms with van der Waals surface area (Å²) >= 11 is 0. The predicted molar refractivity (Wildman–Crippen MR) is 107 cm³/mol. The van der Waals surface area contributed by atoms with Crippen molar-refractivity contribution in [3.8, 4) is 11.1 Å². The molecule has 0 bridgehead atoms. The number of benzene rings is 2. The maximum absolute atomic E-state index is 13.0. The quantitative estimate of drug-likeness (QED) is 0.602. The zero-order chi connectivity index (χ0) is 20.3. The van der Waals surface area contributed by atoms with Crippen molar-refractivity contribution in [1.82, 2.24) is 4.90 Å². The first-order valence-corrected chi connectivity index (χ1v) is 9.10. The molecule has 0 aliphatic carbocycles. The van der Waals surface area contributed by atoms with Gasteiger partial charge in [0.1, 0.15) is 13.2 Å². The molecule has 1 aliphatic rings. The zero-order valence-electron chi connectivity index (χ0n) is 16.6. The summed E-state index contributed by atoms with van der Waals surface area (Å²) in [4.78, 5) is 31.4. The van der Waals surface area contributed by atoms with Crippen molar-refractivity contribution < 1.29 is 19.2 Å². The molecule has 146 valence electrons. The number of aryl methyl sites for hydroxylation is 2. The molecule has 1 saturated heterocycles. The SMILES string of the molecule is CO/N=C1/C[C@@H](C(=O)OC)N(C(=O)c2ccc(-c3c(C)cccc3C)cc2)C1. The third kappa shape index (κ3) is 3.76. The number of hydrogen-bond donors (Lipinski definition) is 0. The van der Waals surface area contributed by atoms with Gasteiger partial charge in [-0.1, -0.05) is 35.5 Å². The molecule has 1 aliphatic heterocycles. The van der Waals surface area contributed by atoms with Gasteiger partial charge >= 0.3 is 5.97 Å². The number of esters is 1. The second-order valence-electron chi connectivity index (χ2n) is 6.86. The second kappa shape index (κ2) is 8.25. The van der Waals surface area contributed by atoms with Gasteiger partial charge in [-0.2, -0.15) is 0 Å². The monoisotopic (exact) mass is 380 g/mol. The van der Waals surface area contributed by atoms with Crippen LogP contribution >= 0.6 is 0 Å². The van der Waals surface area contributed by atoms with E-state index in [4.69, 9.17) is 9.57 Å². The average molecular weight is 380 g/mol. The van der Waals surface area contributed by atoms with Gasteiger partial charge in [-0.15, -0.1) is 0 Å². The molecule has 6 heteroatoms. The minimum atomic E-state index is -0.690. The molecule has 0 unspecified atom stereocenters. The highest BCUT2D eigenvalue weighted by atomic mass is 16.6. The molecule has 0 spiro atoms. The van der Waals surface area contributed by atoms with Crippen LogP contribution in [0.15, 0.2) is 47.6 Å². The predicted octanol–water partition coefficient (Wildman–Crippen LogP) is 3.36. The van der Waals surface area contributed by atoms with Crippen LogP contribution in [0.1, 0.15) is 27.9 Å². The normalized spacial score (nSPS) is 17.6. The highest BCUT2D eigenvalue weighted by molar-refractivity contribution is 6.04. The summed E-state index contributed by atoms with van der Waals surface area (Å²) in [6.45, 7) is 4.39. The molecule has 1 fully saturated rings. The Kier molecular flexibility index (Phi) is 5.78. The van der Waals surface area contributed by atoms with Gasteiger partial charge in [0.05, 0.1) is 19.4 Å². The highest BCUT2D eigenvalue weighted by Gasteiger charge is 2.39. The summed E-state index contributed by atoms with van der Waals surface area (Å²) in [6.07, 6.45) is 0.312. The van der Waals surface area contributed by atoms with Crippen LogP contribution in [-0.2, 0) is 14.4 Å². The lowest BCUT2D eigenvalue weighted by molar-refractivity contribution is -0.145. The van der Waals surface area contributed by atoms with Gasteiger partial charge in [0.25, 0.3) is 5.91 Å². The fourth-order valence-electron chi connectivity index (χ4n) is 3.68. The van der Waals surface area contributed by atoms with Crippen LogP contribution in [0.3, 0.4) is 0 Å². The average Bonchev–Trinajstić information content (AvgIpc) is 3.11. The maximum Gasteiger partial charge on any atom is 0.329 e. The molecule has 2 aromatic carbocycles. The second-order valence-corrected chi connectivity index (χ2v) is 6.86. The van der Waals surface area contributed by atoms with Crippen molar-refractivity contribution in [2.24, 2.45) is 5.16 Å². The summed E-state index contributed by atoms with van der Waals surface area (Å²) in [6, 6.07) is 13.0. The van der Waals surface area contributed by atoms with Crippen molar-refractivity contribution in [2.75, 3.05) is 20.8 Å². The first-order valence-electron chi connectivity index (χ1n) is 9.10. The lowest BCUT2D eigenvalue weighted by Crippen LogP contribution is -2.41. The number of rotatable bonds is 4. The van der Waals surface area contributed by atoms with E-state index >= 15 is 0 Å². The standard InChI is InChI=1S/C22H24N2O4/c1-14-6-5-7-15(2)20(14)16-8-10-17(11-9-16)21(25)24-13-18(23-28-4)12-19(24)22(26)27-3/h5-11,19H,12-13H2,1-4H3/b23-18-/t19-/m0/s1. The van der Waals surface area contributed by atoms with Gasteiger partial charge in [-0.3, -0.25) is 4.79 Å². The van der Waals surface area contributed by atoms with E-state index in [1.807, 2.05) is 18.2 Å². The number of hydrogen-bond acceptors (Lipinski definition) is 5. The minimum absolute atomic E-state index is 0.232. The van der Waals surface area contributed by atoms with Gasteiger partial charge in [0, 0.05) is 12.0 Å². The molecule has 3 rings (SSSR count). The van der Waals surface area contributed by atoms with Crippen LogP contribution in [0.5, 0.6) is 0 Å². The number of likely N-dealkylation sites (tertiary alicyclic amines) is 1. The first-order chi connectivity index (χ1) is 13.5. The van der Waals surface area contributed by atoms with Gasteiger partial charge in [-0.05, 0) is 48.2 Å². The Bertz CT molecular complexity index is 898. The van der Waals surface area contributed by atoms with Crippen LogP contribution in [0.4, 0.5) is 0 Å². The van der Waals surface area contributed by atoms with Crippen molar-refractivity contribution in [2.45, 2.75) is 26.3 Å². The lowest BCUT2D eigenvalue weighted by Gasteiger charge is -2.22. The molecule has 1 atom stereocenters. The number of carbonyl (C=O) groups is 2. The zero-order valence-corrected chi connectivity index (χ0v) is 16.6. The summed E-state index contributed by atoms with van der Waals surface area (Å²) in [7, 11) is 2.76. The van der Waals surface area contributed by atoms with E-state index in [9.17, 15) is 9.59 Å². The van der Waals surface area contributed by atoms with E-state index in [0.717, 1.165) is 5.56 Å². The van der Waals surface area contributed by atoms with Crippen molar-refractivity contribution in [1.29, 1.82) is 0 Å². The fourth-order valence-corrected chi connectivity index (χ4v) is 3.68. The Balaban J connectivity index is 1.88. The summed E-state index contributed by atoms with van der Waals surface area (Å²) in [5.41, 5.74) is 5.75. The van der Waals surface area contributed by atoms with E-state index in [2.05, 4.69) is 31.1 Å². The van der Waals surface area contributed by atoms with Crippen LogP contribution in [0.2, 0.25) is 0 Å². The number of carbonyl (C=O) groups excluding carboxylic acids is 2. The van der Waals surface area contributed by atoms with E-state index in [-0.39, 0.29) is 12.5 Å². The highest BCUT2D eigenvalue weighted by Crippen LogP contribution is 2.28. The molecule has 1 amide bonds. The number of oxime groups is 1. The summed E-state index contributed by atoms with van der Waals surface area (Å²) in [5.74, 6) is -0.688. The van der Waals surface area contributed by atoms with E-state index in [1.54, 1.807) is 12.1 Å². The molecule has 0 radical (unpaired) electrons.